The lowest BCUT2D eigenvalue weighted by molar-refractivity contribution is 0.00101. The highest BCUT2D eigenvalue weighted by Gasteiger charge is 2.25. The van der Waals surface area contributed by atoms with Crippen molar-refractivity contribution in [2.24, 2.45) is 0 Å². The molecule has 0 unspecified atom stereocenters. The SMILES string of the molecule is c1cc(CCN2CCC(N3CCOCC3)CC2)ccn1. The number of nitrogens with zero attached hydrogens (tertiary/aromatic N) is 3. The molecule has 0 N–H and O–H groups in total. The highest BCUT2D eigenvalue weighted by molar-refractivity contribution is 5.09. The van der Waals surface area contributed by atoms with E-state index in [9.17, 15) is 0 Å². The Kier molecular flexibility index (Phi) is 5.01. The highest BCUT2D eigenvalue weighted by atomic mass is 16.5. The van der Waals surface area contributed by atoms with Crippen molar-refractivity contribution in [3.8, 4) is 0 Å². The Morgan fingerprint density at radius 1 is 1.05 bits per heavy atom. The van der Waals surface area contributed by atoms with Crippen LogP contribution in [-0.2, 0) is 11.2 Å². The lowest BCUT2D eigenvalue weighted by atomic mass is 10.0. The molecule has 1 aromatic heterocycles. The van der Waals surface area contributed by atoms with E-state index in [1.165, 1.54) is 38.0 Å². The molecule has 2 aliphatic rings. The summed E-state index contributed by atoms with van der Waals surface area (Å²) in [5.74, 6) is 0. The van der Waals surface area contributed by atoms with Gasteiger partial charge in [0.25, 0.3) is 0 Å². The van der Waals surface area contributed by atoms with E-state index in [1.807, 2.05) is 12.4 Å². The van der Waals surface area contributed by atoms with Gasteiger partial charge in [0.15, 0.2) is 0 Å². The quantitative estimate of drug-likeness (QED) is 0.831. The van der Waals surface area contributed by atoms with Crippen LogP contribution in [-0.4, -0.2) is 66.8 Å². The number of ether oxygens (including phenoxy) is 1. The largest absolute Gasteiger partial charge is 0.379 e. The Morgan fingerprint density at radius 3 is 2.45 bits per heavy atom. The number of hydrogen-bond donors (Lipinski definition) is 0. The van der Waals surface area contributed by atoms with Gasteiger partial charge in [0.2, 0.25) is 0 Å². The average Bonchev–Trinajstić information content (AvgIpc) is 2.55. The van der Waals surface area contributed by atoms with Crippen LogP contribution in [0.5, 0.6) is 0 Å². The summed E-state index contributed by atoms with van der Waals surface area (Å²) in [5.41, 5.74) is 1.40. The molecule has 0 atom stereocenters. The second-order valence-electron chi connectivity index (χ2n) is 5.83. The van der Waals surface area contributed by atoms with Crippen LogP contribution in [0, 0.1) is 0 Å². The molecule has 0 aromatic carbocycles. The van der Waals surface area contributed by atoms with Crippen molar-refractivity contribution < 1.29 is 4.74 Å². The summed E-state index contributed by atoms with van der Waals surface area (Å²) in [4.78, 5) is 9.31. The van der Waals surface area contributed by atoms with E-state index in [-0.39, 0.29) is 0 Å². The lowest BCUT2D eigenvalue weighted by Crippen LogP contribution is -2.49. The predicted octanol–water partition coefficient (Wildman–Crippen LogP) is 1.42. The molecule has 0 radical (unpaired) electrons. The molecular formula is C16H25N3O. The zero-order valence-corrected chi connectivity index (χ0v) is 12.2. The summed E-state index contributed by atoms with van der Waals surface area (Å²) in [5, 5.41) is 0. The van der Waals surface area contributed by atoms with Gasteiger partial charge in [0.05, 0.1) is 13.2 Å². The van der Waals surface area contributed by atoms with Crippen LogP contribution in [0.3, 0.4) is 0 Å². The van der Waals surface area contributed by atoms with Gasteiger partial charge in [0, 0.05) is 38.1 Å². The second kappa shape index (κ2) is 7.16. The number of likely N-dealkylation sites (tertiary alicyclic amines) is 1. The molecule has 0 saturated carbocycles. The van der Waals surface area contributed by atoms with Crippen LogP contribution in [0.1, 0.15) is 18.4 Å². The number of pyridine rings is 1. The molecule has 4 nitrogen and oxygen atoms in total. The van der Waals surface area contributed by atoms with Crippen molar-refractivity contribution in [1.29, 1.82) is 0 Å². The van der Waals surface area contributed by atoms with Crippen LogP contribution in [0.4, 0.5) is 0 Å². The topological polar surface area (TPSA) is 28.6 Å². The summed E-state index contributed by atoms with van der Waals surface area (Å²) in [6, 6.07) is 5.04. The number of aromatic nitrogens is 1. The molecule has 3 heterocycles. The summed E-state index contributed by atoms with van der Waals surface area (Å²) in [7, 11) is 0. The van der Waals surface area contributed by atoms with Crippen LogP contribution in [0.15, 0.2) is 24.5 Å². The standard InChI is InChI=1S/C16H25N3O/c1-6-17-7-2-15(1)3-8-18-9-4-16(5-10-18)19-11-13-20-14-12-19/h1-2,6-7,16H,3-5,8-14H2. The minimum Gasteiger partial charge on any atom is -0.379 e. The fourth-order valence-corrected chi connectivity index (χ4v) is 3.29. The Balaban J connectivity index is 1.40. The Morgan fingerprint density at radius 2 is 1.75 bits per heavy atom. The maximum atomic E-state index is 5.44. The monoisotopic (exact) mass is 275 g/mol. The van der Waals surface area contributed by atoms with Crippen LogP contribution >= 0.6 is 0 Å². The maximum Gasteiger partial charge on any atom is 0.0594 e. The van der Waals surface area contributed by atoms with E-state index in [4.69, 9.17) is 4.74 Å². The molecule has 3 rings (SSSR count). The van der Waals surface area contributed by atoms with Gasteiger partial charge in [-0.15, -0.1) is 0 Å². The van der Waals surface area contributed by atoms with E-state index >= 15 is 0 Å². The lowest BCUT2D eigenvalue weighted by Gasteiger charge is -2.40. The molecule has 4 heteroatoms. The highest BCUT2D eigenvalue weighted by Crippen LogP contribution is 2.18. The van der Waals surface area contributed by atoms with E-state index in [2.05, 4.69) is 26.9 Å². The van der Waals surface area contributed by atoms with Gasteiger partial charge < -0.3 is 9.64 Å². The fraction of sp³-hybridized carbons (Fsp3) is 0.688. The molecule has 0 spiro atoms. The Bertz CT molecular complexity index is 384. The zero-order valence-electron chi connectivity index (χ0n) is 12.2. The van der Waals surface area contributed by atoms with Crippen molar-refractivity contribution in [1.82, 2.24) is 14.8 Å². The summed E-state index contributed by atoms with van der Waals surface area (Å²) >= 11 is 0. The van der Waals surface area contributed by atoms with Gasteiger partial charge in [-0.1, -0.05) is 0 Å². The average molecular weight is 275 g/mol. The van der Waals surface area contributed by atoms with Gasteiger partial charge in [-0.05, 0) is 50.0 Å². The predicted molar refractivity (Wildman–Crippen MR) is 79.8 cm³/mol. The number of piperidine rings is 1. The first-order valence-corrected chi connectivity index (χ1v) is 7.85. The van der Waals surface area contributed by atoms with E-state index in [1.54, 1.807) is 0 Å². The Hall–Kier alpha value is -0.970. The first kappa shape index (κ1) is 14.0. The van der Waals surface area contributed by atoms with Gasteiger partial charge in [-0.3, -0.25) is 9.88 Å². The summed E-state index contributed by atoms with van der Waals surface area (Å²) in [6.45, 7) is 7.76. The Labute approximate surface area is 121 Å². The first-order chi connectivity index (χ1) is 9.92. The van der Waals surface area contributed by atoms with Crippen LogP contribution < -0.4 is 0 Å². The van der Waals surface area contributed by atoms with Crippen molar-refractivity contribution >= 4 is 0 Å². The van der Waals surface area contributed by atoms with E-state index < -0.39 is 0 Å². The molecule has 0 bridgehead atoms. The molecule has 2 aliphatic heterocycles. The van der Waals surface area contributed by atoms with Crippen LogP contribution in [0.2, 0.25) is 0 Å². The molecule has 2 fully saturated rings. The summed E-state index contributed by atoms with van der Waals surface area (Å²) in [6.07, 6.45) is 7.55. The van der Waals surface area contributed by atoms with Gasteiger partial charge in [-0.25, -0.2) is 0 Å². The molecule has 110 valence electrons. The van der Waals surface area contributed by atoms with Gasteiger partial charge in [-0.2, -0.15) is 0 Å². The third-order valence-electron chi connectivity index (χ3n) is 4.59. The van der Waals surface area contributed by atoms with Gasteiger partial charge in [0.1, 0.15) is 0 Å². The van der Waals surface area contributed by atoms with Crippen molar-refractivity contribution in [3.63, 3.8) is 0 Å². The summed E-state index contributed by atoms with van der Waals surface area (Å²) < 4.78 is 5.44. The molecule has 1 aromatic rings. The second-order valence-corrected chi connectivity index (χ2v) is 5.83. The number of hydrogen-bond acceptors (Lipinski definition) is 4. The van der Waals surface area contributed by atoms with Crippen LogP contribution in [0.25, 0.3) is 0 Å². The van der Waals surface area contributed by atoms with Gasteiger partial charge >= 0.3 is 0 Å². The smallest absolute Gasteiger partial charge is 0.0594 e. The number of rotatable bonds is 4. The van der Waals surface area contributed by atoms with Crippen molar-refractivity contribution in [2.45, 2.75) is 25.3 Å². The van der Waals surface area contributed by atoms with Crippen molar-refractivity contribution in [3.05, 3.63) is 30.1 Å². The molecule has 20 heavy (non-hydrogen) atoms. The molecule has 0 amide bonds. The molecular weight excluding hydrogens is 250 g/mol. The first-order valence-electron chi connectivity index (χ1n) is 7.85. The minimum absolute atomic E-state index is 0.788. The van der Waals surface area contributed by atoms with Crippen molar-refractivity contribution in [2.75, 3.05) is 45.9 Å². The zero-order chi connectivity index (χ0) is 13.6. The molecule has 2 saturated heterocycles. The molecule has 0 aliphatic carbocycles. The third-order valence-corrected chi connectivity index (χ3v) is 4.59. The third kappa shape index (κ3) is 3.78. The normalized spacial score (nSPS) is 23.0. The maximum absolute atomic E-state index is 5.44. The fourth-order valence-electron chi connectivity index (χ4n) is 3.29. The van der Waals surface area contributed by atoms with E-state index in [0.717, 1.165) is 38.8 Å². The number of morpholine rings is 1. The minimum atomic E-state index is 0.788. The van der Waals surface area contributed by atoms with E-state index in [0.29, 0.717) is 0 Å².